The van der Waals surface area contributed by atoms with Crippen molar-refractivity contribution in [3.8, 4) is 0 Å². The predicted molar refractivity (Wildman–Crippen MR) is 193 cm³/mol. The molecule has 0 spiro atoms. The van der Waals surface area contributed by atoms with E-state index in [1.807, 2.05) is 0 Å². The van der Waals surface area contributed by atoms with Gasteiger partial charge in [-0.15, -0.1) is 0 Å². The van der Waals surface area contributed by atoms with Gasteiger partial charge in [-0.2, -0.15) is 0 Å². The van der Waals surface area contributed by atoms with Crippen molar-refractivity contribution in [2.24, 2.45) is 0 Å². The van der Waals surface area contributed by atoms with Crippen molar-refractivity contribution >= 4 is 42.2 Å². The van der Waals surface area contributed by atoms with Crippen molar-refractivity contribution in [2.75, 3.05) is 26.7 Å². The molecular formula is C36H60N6O12. The molecule has 0 aliphatic carbocycles. The van der Waals surface area contributed by atoms with Crippen LogP contribution < -0.4 is 16.0 Å². The molecule has 18 heteroatoms. The highest BCUT2D eigenvalue weighted by Crippen LogP contribution is 2.29. The maximum atomic E-state index is 14.3. The molecule has 0 saturated carbocycles. The van der Waals surface area contributed by atoms with Crippen LogP contribution in [-0.2, 0) is 38.1 Å². The Morgan fingerprint density at radius 1 is 0.481 bits per heavy atom. The van der Waals surface area contributed by atoms with E-state index in [1.54, 1.807) is 83.1 Å². The minimum absolute atomic E-state index is 0.00229. The Kier molecular flexibility index (Phi) is 13.4. The summed E-state index contributed by atoms with van der Waals surface area (Å²) >= 11 is 0. The highest BCUT2D eigenvalue weighted by atomic mass is 16.6. The largest absolute Gasteiger partial charge is 0.467 e. The number of carbonyl (C=O) groups is 7. The normalized spacial score (nSPS) is 24.7. The molecule has 3 fully saturated rings. The van der Waals surface area contributed by atoms with Gasteiger partial charge < -0.3 is 44.5 Å². The standard InChI is InChI=1S/C36H60N6O12/c1-33(2,3)51-29(46)38-21-14-23(41(18-21)31(48)53-35(7,8)9)26(43)37-20-16-25(28(45)50-13)40(17-20)27(44)24-15-22(39-30(47)52-34(4,5)6)19-42(24)32(49)54-36(10,11)12/h20-25H,14-19H2,1-13H3,(H,37,43)(H,38,46)(H,39,47)/t20-,21-,22-,23-,24-,25+/m0/s1. The summed E-state index contributed by atoms with van der Waals surface area (Å²) in [6.07, 6.45) is -2.97. The van der Waals surface area contributed by atoms with Crippen molar-refractivity contribution in [3.63, 3.8) is 0 Å². The molecule has 6 atom stereocenters. The average Bonchev–Trinajstić information content (AvgIpc) is 3.70. The lowest BCUT2D eigenvalue weighted by molar-refractivity contribution is -0.152. The number of rotatable bonds is 6. The fourth-order valence-corrected chi connectivity index (χ4v) is 6.39. The second-order valence-corrected chi connectivity index (χ2v) is 17.9. The number of amides is 6. The van der Waals surface area contributed by atoms with Crippen LogP contribution in [0.3, 0.4) is 0 Å². The van der Waals surface area contributed by atoms with E-state index in [0.29, 0.717) is 0 Å². The third kappa shape index (κ3) is 12.8. The molecule has 0 aromatic carbocycles. The van der Waals surface area contributed by atoms with Crippen LogP contribution in [0.5, 0.6) is 0 Å². The number of methoxy groups -OCH3 is 1. The van der Waals surface area contributed by atoms with E-state index >= 15 is 0 Å². The summed E-state index contributed by atoms with van der Waals surface area (Å²) in [6, 6.07) is -5.43. The molecule has 3 heterocycles. The molecular weight excluding hydrogens is 708 g/mol. The van der Waals surface area contributed by atoms with Crippen molar-refractivity contribution in [1.29, 1.82) is 0 Å². The molecule has 3 saturated heterocycles. The van der Waals surface area contributed by atoms with E-state index in [4.69, 9.17) is 23.7 Å². The first kappa shape index (κ1) is 43.9. The van der Waals surface area contributed by atoms with Gasteiger partial charge in [-0.05, 0) is 95.9 Å². The van der Waals surface area contributed by atoms with Crippen molar-refractivity contribution < 1.29 is 57.2 Å². The molecule has 0 radical (unpaired) electrons. The van der Waals surface area contributed by atoms with Crippen LogP contribution in [-0.4, -0.2) is 142 Å². The monoisotopic (exact) mass is 768 g/mol. The van der Waals surface area contributed by atoms with Crippen LogP contribution in [0.15, 0.2) is 0 Å². The number of carbonyl (C=O) groups excluding carboxylic acids is 7. The SMILES string of the molecule is COC(=O)[C@H]1C[C@H](NC(=O)[C@@H]2C[C@H](NC(=O)OC(C)(C)C)CN2C(=O)OC(C)(C)C)CN1C(=O)[C@@H]1C[C@H](NC(=O)OC(C)(C)C)CN1C(=O)OC(C)(C)C. The Hall–Kier alpha value is -4.51. The highest BCUT2D eigenvalue weighted by Gasteiger charge is 2.50. The smallest absolute Gasteiger partial charge is 0.411 e. The van der Waals surface area contributed by atoms with Gasteiger partial charge in [-0.25, -0.2) is 24.0 Å². The first-order valence-corrected chi connectivity index (χ1v) is 18.2. The van der Waals surface area contributed by atoms with Crippen LogP contribution in [0.25, 0.3) is 0 Å². The number of ether oxygens (including phenoxy) is 5. The molecule has 18 nitrogen and oxygen atoms in total. The first-order valence-electron chi connectivity index (χ1n) is 18.2. The summed E-state index contributed by atoms with van der Waals surface area (Å²) in [5, 5.41) is 8.31. The maximum Gasteiger partial charge on any atom is 0.411 e. The third-order valence-electron chi connectivity index (χ3n) is 8.29. The van der Waals surface area contributed by atoms with Gasteiger partial charge in [0.15, 0.2) is 0 Å². The van der Waals surface area contributed by atoms with E-state index in [1.165, 1.54) is 21.8 Å². The van der Waals surface area contributed by atoms with Gasteiger partial charge in [0.25, 0.3) is 0 Å². The number of hydrogen-bond donors (Lipinski definition) is 3. The molecule has 3 rings (SSSR count). The van der Waals surface area contributed by atoms with Gasteiger partial charge in [0.05, 0.1) is 19.2 Å². The Balaban J connectivity index is 1.84. The quantitative estimate of drug-likeness (QED) is 0.263. The van der Waals surface area contributed by atoms with E-state index < -0.39 is 101 Å². The van der Waals surface area contributed by atoms with Gasteiger partial charge in [-0.1, -0.05) is 0 Å². The Bertz CT molecular complexity index is 1440. The molecule has 3 aliphatic rings. The molecule has 0 aromatic rings. The Morgan fingerprint density at radius 2 is 0.833 bits per heavy atom. The lowest BCUT2D eigenvalue weighted by atomic mass is 10.1. The second-order valence-electron chi connectivity index (χ2n) is 17.9. The molecule has 0 aromatic heterocycles. The summed E-state index contributed by atoms with van der Waals surface area (Å²) < 4.78 is 26.9. The van der Waals surface area contributed by atoms with Crippen LogP contribution in [0.1, 0.15) is 102 Å². The van der Waals surface area contributed by atoms with Crippen LogP contribution >= 0.6 is 0 Å². The maximum absolute atomic E-state index is 14.3. The molecule has 0 bridgehead atoms. The van der Waals surface area contributed by atoms with Gasteiger partial charge in [0.2, 0.25) is 11.8 Å². The summed E-state index contributed by atoms with van der Waals surface area (Å²) in [6.45, 7) is 20.1. The van der Waals surface area contributed by atoms with E-state index in [0.717, 1.165) is 0 Å². The van der Waals surface area contributed by atoms with E-state index in [-0.39, 0.29) is 38.9 Å². The Labute approximate surface area is 317 Å². The molecule has 0 unspecified atom stereocenters. The average molecular weight is 769 g/mol. The minimum Gasteiger partial charge on any atom is -0.467 e. The van der Waals surface area contributed by atoms with Gasteiger partial charge in [0, 0.05) is 32.1 Å². The van der Waals surface area contributed by atoms with Crippen LogP contribution in [0.4, 0.5) is 19.2 Å². The minimum atomic E-state index is -1.14. The molecule has 3 N–H and O–H groups in total. The van der Waals surface area contributed by atoms with Gasteiger partial charge >= 0.3 is 30.3 Å². The highest BCUT2D eigenvalue weighted by molar-refractivity contribution is 5.92. The lowest BCUT2D eigenvalue weighted by Crippen LogP contribution is -2.53. The summed E-state index contributed by atoms with van der Waals surface area (Å²) in [4.78, 5) is 96.8. The topological polar surface area (TPSA) is 211 Å². The summed E-state index contributed by atoms with van der Waals surface area (Å²) in [7, 11) is 1.18. The molecule has 3 aliphatic heterocycles. The van der Waals surface area contributed by atoms with Crippen LogP contribution in [0, 0.1) is 0 Å². The number of nitrogens with zero attached hydrogens (tertiary/aromatic N) is 3. The van der Waals surface area contributed by atoms with Crippen molar-refractivity contribution in [1.82, 2.24) is 30.7 Å². The number of likely N-dealkylation sites (tertiary alicyclic amines) is 3. The summed E-state index contributed by atoms with van der Waals surface area (Å²) in [5.41, 5.74) is -3.33. The predicted octanol–water partition coefficient (Wildman–Crippen LogP) is 3.05. The van der Waals surface area contributed by atoms with E-state index in [9.17, 15) is 33.6 Å². The van der Waals surface area contributed by atoms with Crippen LogP contribution in [0.2, 0.25) is 0 Å². The van der Waals surface area contributed by atoms with Gasteiger partial charge in [0.1, 0.15) is 40.5 Å². The first-order chi connectivity index (χ1) is 24.6. The lowest BCUT2D eigenvalue weighted by Gasteiger charge is -2.31. The number of nitrogens with one attached hydrogen (secondary N) is 3. The zero-order valence-electron chi connectivity index (χ0n) is 33.9. The van der Waals surface area contributed by atoms with Gasteiger partial charge in [-0.3, -0.25) is 19.4 Å². The number of alkyl carbamates (subject to hydrolysis) is 2. The van der Waals surface area contributed by atoms with E-state index in [2.05, 4.69) is 16.0 Å². The zero-order chi connectivity index (χ0) is 41.1. The van der Waals surface area contributed by atoms with Crippen molar-refractivity contribution in [2.45, 2.75) is 161 Å². The third-order valence-corrected chi connectivity index (χ3v) is 8.29. The Morgan fingerprint density at radius 3 is 1.24 bits per heavy atom. The summed E-state index contributed by atoms with van der Waals surface area (Å²) in [5.74, 6) is -1.93. The zero-order valence-corrected chi connectivity index (χ0v) is 33.9. The van der Waals surface area contributed by atoms with Crippen molar-refractivity contribution in [3.05, 3.63) is 0 Å². The number of hydrogen-bond acceptors (Lipinski definition) is 12. The number of esters is 1. The molecule has 54 heavy (non-hydrogen) atoms. The second kappa shape index (κ2) is 16.5. The molecule has 6 amide bonds. The fourth-order valence-electron chi connectivity index (χ4n) is 6.39. The fraction of sp³-hybridized carbons (Fsp3) is 0.806. The molecule has 306 valence electrons.